The van der Waals surface area contributed by atoms with E-state index in [1.807, 2.05) is 18.2 Å². The molecule has 0 atom stereocenters. The lowest BCUT2D eigenvalue weighted by Crippen LogP contribution is -2.19. The van der Waals surface area contributed by atoms with Crippen LogP contribution in [-0.2, 0) is 21.1 Å². The average Bonchev–Trinajstić information content (AvgIpc) is 3.42. The highest BCUT2D eigenvalue weighted by Crippen LogP contribution is 2.24. The predicted octanol–water partition coefficient (Wildman–Crippen LogP) is 3.78. The summed E-state index contributed by atoms with van der Waals surface area (Å²) in [7, 11) is -3.89. The Kier molecular flexibility index (Phi) is 5.39. The van der Waals surface area contributed by atoms with Gasteiger partial charge in [-0.2, -0.15) is 4.39 Å². The van der Waals surface area contributed by atoms with Crippen molar-refractivity contribution in [3.63, 3.8) is 0 Å². The van der Waals surface area contributed by atoms with Crippen molar-refractivity contribution in [3.05, 3.63) is 81.4 Å². The molecule has 0 aliphatic heterocycles. The topological polar surface area (TPSA) is 99.0 Å². The average molecular weight is 500 g/mol. The number of carbonyl (C=O) groups excluding carboxylic acids is 1. The standard InChI is InChI=1S/C22H14FN3O4S3/c23-19-2-4-21(32-19)33(29,30)11-15(27)7-13-1-3-20(24-10-13)26-6-5-14-8-17-18(31-12-25-17)9-16(14)22(26)28/h1-6,8-10,12H,7,11H2. The Bertz CT molecular complexity index is 1690. The number of rotatable bonds is 6. The number of ketones is 1. The monoisotopic (exact) mass is 499 g/mol. The van der Waals surface area contributed by atoms with Gasteiger partial charge in [-0.3, -0.25) is 14.2 Å². The lowest BCUT2D eigenvalue weighted by Gasteiger charge is -2.08. The molecule has 0 aliphatic rings. The van der Waals surface area contributed by atoms with Gasteiger partial charge in [-0.15, -0.1) is 11.3 Å². The predicted molar refractivity (Wildman–Crippen MR) is 126 cm³/mol. The first-order valence-electron chi connectivity index (χ1n) is 9.64. The maximum atomic E-state index is 13.1. The summed E-state index contributed by atoms with van der Waals surface area (Å²) >= 11 is 1.95. The minimum atomic E-state index is -3.89. The molecule has 0 unspecified atom stereocenters. The zero-order chi connectivity index (χ0) is 23.2. The van der Waals surface area contributed by atoms with Gasteiger partial charge in [-0.05, 0) is 47.3 Å². The van der Waals surface area contributed by atoms with Gasteiger partial charge >= 0.3 is 0 Å². The molecule has 0 N–H and O–H groups in total. The number of pyridine rings is 2. The molecular formula is C22H14FN3O4S3. The molecule has 0 aliphatic carbocycles. The zero-order valence-electron chi connectivity index (χ0n) is 16.8. The first-order chi connectivity index (χ1) is 15.8. The summed E-state index contributed by atoms with van der Waals surface area (Å²) in [4.78, 5) is 33.9. The molecule has 0 bridgehead atoms. The third-order valence-electron chi connectivity index (χ3n) is 5.02. The number of carbonyl (C=O) groups is 1. The van der Waals surface area contributed by atoms with Crippen molar-refractivity contribution in [2.45, 2.75) is 10.6 Å². The highest BCUT2D eigenvalue weighted by molar-refractivity contribution is 7.94. The number of benzene rings is 1. The van der Waals surface area contributed by atoms with Crippen LogP contribution in [0.5, 0.6) is 0 Å². The summed E-state index contributed by atoms with van der Waals surface area (Å²) in [5.41, 5.74) is 2.85. The Hall–Kier alpha value is -3.28. The van der Waals surface area contributed by atoms with Gasteiger partial charge in [0.2, 0.25) is 0 Å². The van der Waals surface area contributed by atoms with E-state index in [-0.39, 0.29) is 16.2 Å². The molecule has 0 saturated heterocycles. The molecule has 5 aromatic rings. The van der Waals surface area contributed by atoms with Crippen LogP contribution in [0.25, 0.3) is 26.8 Å². The fraction of sp³-hybridized carbons (Fsp3) is 0.0909. The molecule has 4 heterocycles. The Morgan fingerprint density at radius 2 is 1.94 bits per heavy atom. The molecule has 0 fully saturated rings. The number of thiazole rings is 1. The second-order valence-electron chi connectivity index (χ2n) is 7.31. The van der Waals surface area contributed by atoms with Gasteiger partial charge in [-0.1, -0.05) is 17.4 Å². The third kappa shape index (κ3) is 4.22. The molecule has 7 nitrogen and oxygen atoms in total. The maximum absolute atomic E-state index is 13.1. The maximum Gasteiger partial charge on any atom is 0.264 e. The largest absolute Gasteiger partial charge is 0.298 e. The zero-order valence-corrected chi connectivity index (χ0v) is 19.2. The van der Waals surface area contributed by atoms with Crippen molar-refractivity contribution in [1.82, 2.24) is 14.5 Å². The molecule has 0 spiro atoms. The number of fused-ring (bicyclic) bond motifs is 2. The summed E-state index contributed by atoms with van der Waals surface area (Å²) in [6.07, 6.45) is 2.92. The van der Waals surface area contributed by atoms with Crippen LogP contribution in [0, 0.1) is 5.13 Å². The van der Waals surface area contributed by atoms with Crippen molar-refractivity contribution in [1.29, 1.82) is 0 Å². The van der Waals surface area contributed by atoms with Crippen LogP contribution >= 0.6 is 22.7 Å². The fourth-order valence-electron chi connectivity index (χ4n) is 3.47. The number of nitrogens with zero attached hydrogens (tertiary/aromatic N) is 3. The molecule has 1 aromatic carbocycles. The SMILES string of the molecule is O=C(Cc1ccc(-n2ccc3cc4ncsc4cc3c2=O)nc1)CS(=O)(=O)c1ccc(F)s1. The minimum absolute atomic E-state index is 0.143. The number of sulfone groups is 1. The van der Waals surface area contributed by atoms with Gasteiger partial charge in [0.25, 0.3) is 5.56 Å². The van der Waals surface area contributed by atoms with Gasteiger partial charge < -0.3 is 0 Å². The molecule has 5 rings (SSSR count). The van der Waals surface area contributed by atoms with Gasteiger partial charge in [0.15, 0.2) is 20.8 Å². The number of aromatic nitrogens is 3. The van der Waals surface area contributed by atoms with Crippen LogP contribution < -0.4 is 5.56 Å². The van der Waals surface area contributed by atoms with E-state index in [1.165, 1.54) is 22.1 Å². The molecule has 0 saturated carbocycles. The lowest BCUT2D eigenvalue weighted by molar-refractivity contribution is -0.116. The van der Waals surface area contributed by atoms with E-state index >= 15 is 0 Å². The number of hydrogen-bond acceptors (Lipinski definition) is 8. The van der Waals surface area contributed by atoms with Crippen LogP contribution in [0.1, 0.15) is 5.56 Å². The van der Waals surface area contributed by atoms with E-state index in [0.717, 1.165) is 27.7 Å². The van der Waals surface area contributed by atoms with E-state index in [4.69, 9.17) is 0 Å². The Balaban J connectivity index is 1.36. The van der Waals surface area contributed by atoms with E-state index in [2.05, 4.69) is 9.97 Å². The Morgan fingerprint density at radius 3 is 2.67 bits per heavy atom. The summed E-state index contributed by atoms with van der Waals surface area (Å²) in [5, 5.41) is 0.704. The van der Waals surface area contributed by atoms with Gasteiger partial charge in [0.1, 0.15) is 15.8 Å². The van der Waals surface area contributed by atoms with Gasteiger partial charge in [0.05, 0.1) is 15.7 Å². The number of hydrogen-bond donors (Lipinski definition) is 0. The molecule has 4 aromatic heterocycles. The molecule has 166 valence electrons. The van der Waals surface area contributed by atoms with E-state index in [9.17, 15) is 22.4 Å². The van der Waals surface area contributed by atoms with Crippen molar-refractivity contribution in [2.24, 2.45) is 0 Å². The van der Waals surface area contributed by atoms with E-state index in [0.29, 0.717) is 28.1 Å². The number of Topliss-reactive ketones (excluding diaryl/α,β-unsaturated/α-hetero) is 1. The van der Waals surface area contributed by atoms with Gasteiger partial charge in [-0.25, -0.2) is 18.4 Å². The first-order valence-corrected chi connectivity index (χ1v) is 13.0. The summed E-state index contributed by atoms with van der Waals surface area (Å²) in [6.45, 7) is 0. The van der Waals surface area contributed by atoms with E-state index < -0.39 is 26.5 Å². The van der Waals surface area contributed by atoms with Crippen LogP contribution in [0.4, 0.5) is 4.39 Å². The van der Waals surface area contributed by atoms with Crippen molar-refractivity contribution in [3.8, 4) is 5.82 Å². The highest BCUT2D eigenvalue weighted by Gasteiger charge is 2.22. The summed E-state index contributed by atoms with van der Waals surface area (Å²) in [5.74, 6) is -0.871. The normalized spacial score (nSPS) is 11.9. The number of halogens is 1. The fourth-order valence-corrected chi connectivity index (χ4v) is 6.50. The van der Waals surface area contributed by atoms with Crippen LogP contribution in [-0.4, -0.2) is 34.5 Å². The summed E-state index contributed by atoms with van der Waals surface area (Å²) in [6, 6.07) is 10.9. The van der Waals surface area contributed by atoms with Crippen LogP contribution in [0.3, 0.4) is 0 Å². The molecular weight excluding hydrogens is 485 g/mol. The van der Waals surface area contributed by atoms with Crippen molar-refractivity contribution < 1.29 is 17.6 Å². The minimum Gasteiger partial charge on any atom is -0.298 e. The first kappa shape index (κ1) is 21.6. The lowest BCUT2D eigenvalue weighted by atomic mass is 10.1. The number of thiophene rings is 1. The quantitative estimate of drug-likeness (QED) is 0.353. The van der Waals surface area contributed by atoms with Crippen molar-refractivity contribution in [2.75, 3.05) is 5.75 Å². The van der Waals surface area contributed by atoms with Crippen LogP contribution in [0.15, 0.2) is 69.4 Å². The molecule has 33 heavy (non-hydrogen) atoms. The Labute approximate surface area is 194 Å². The second-order valence-corrected chi connectivity index (χ2v) is 11.4. The third-order valence-corrected chi connectivity index (χ3v) is 8.94. The summed E-state index contributed by atoms with van der Waals surface area (Å²) < 4.78 is 39.8. The highest BCUT2D eigenvalue weighted by atomic mass is 32.2. The smallest absolute Gasteiger partial charge is 0.264 e. The van der Waals surface area contributed by atoms with Crippen LogP contribution in [0.2, 0.25) is 0 Å². The Morgan fingerprint density at radius 1 is 1.09 bits per heavy atom. The second kappa shape index (κ2) is 8.25. The molecule has 0 radical (unpaired) electrons. The molecule has 11 heteroatoms. The van der Waals surface area contributed by atoms with E-state index in [1.54, 1.807) is 23.8 Å². The van der Waals surface area contributed by atoms with Crippen molar-refractivity contribution >= 4 is 59.3 Å². The van der Waals surface area contributed by atoms with Gasteiger partial charge in [0, 0.05) is 24.2 Å². The molecule has 0 amide bonds.